The van der Waals surface area contributed by atoms with E-state index in [9.17, 15) is 4.79 Å². The highest BCUT2D eigenvalue weighted by molar-refractivity contribution is 5.90. The van der Waals surface area contributed by atoms with Gasteiger partial charge in [-0.25, -0.2) is 4.79 Å². The summed E-state index contributed by atoms with van der Waals surface area (Å²) < 4.78 is 4.84. The van der Waals surface area contributed by atoms with E-state index in [4.69, 9.17) is 4.74 Å². The average molecular weight is 244 g/mol. The Morgan fingerprint density at radius 1 is 1.39 bits per heavy atom. The third-order valence-corrected chi connectivity index (χ3v) is 2.86. The second-order valence-corrected chi connectivity index (χ2v) is 3.96. The van der Waals surface area contributed by atoms with Crippen molar-refractivity contribution >= 4 is 16.7 Å². The Morgan fingerprint density at radius 3 is 2.89 bits per heavy atom. The summed E-state index contributed by atoms with van der Waals surface area (Å²) >= 11 is 0. The van der Waals surface area contributed by atoms with Crippen molar-refractivity contribution in [2.75, 3.05) is 13.7 Å². The number of likely N-dealkylation sites (N-methyl/N-ethyl adjacent to an activating group) is 1. The minimum atomic E-state index is -0.474. The van der Waals surface area contributed by atoms with Gasteiger partial charge in [-0.3, -0.25) is 4.98 Å². The summed E-state index contributed by atoms with van der Waals surface area (Å²) in [4.78, 5) is 16.0. The summed E-state index contributed by atoms with van der Waals surface area (Å²) in [6.07, 6.45) is 3.51. The molecule has 4 heteroatoms. The molecule has 2 aromatic rings. The molecule has 0 aliphatic rings. The van der Waals surface area contributed by atoms with Crippen LogP contribution >= 0.6 is 0 Å². The number of rotatable bonds is 4. The van der Waals surface area contributed by atoms with Gasteiger partial charge in [-0.2, -0.15) is 0 Å². The number of ether oxygens (including phenoxy) is 1. The molecule has 0 bridgehead atoms. The summed E-state index contributed by atoms with van der Waals surface area (Å²) in [5, 5.41) is 5.16. The summed E-state index contributed by atoms with van der Waals surface area (Å²) in [7, 11) is 1.39. The molecule has 1 atom stereocenters. The molecule has 0 radical (unpaired) electrons. The molecule has 0 saturated heterocycles. The molecule has 0 aliphatic heterocycles. The number of benzene rings is 1. The molecule has 1 heterocycles. The van der Waals surface area contributed by atoms with Gasteiger partial charge in [0.15, 0.2) is 0 Å². The van der Waals surface area contributed by atoms with E-state index in [0.717, 1.165) is 16.3 Å². The molecule has 1 unspecified atom stereocenters. The zero-order valence-corrected chi connectivity index (χ0v) is 10.5. The normalized spacial score (nSPS) is 12.3. The molecule has 18 heavy (non-hydrogen) atoms. The topological polar surface area (TPSA) is 51.2 Å². The molecule has 1 N–H and O–H groups in total. The maximum atomic E-state index is 11.8. The van der Waals surface area contributed by atoms with Gasteiger partial charge in [0.25, 0.3) is 0 Å². The Balaban J connectivity index is 2.53. The van der Waals surface area contributed by atoms with Crippen molar-refractivity contribution in [3.8, 4) is 0 Å². The Morgan fingerprint density at radius 2 is 2.17 bits per heavy atom. The fourth-order valence-electron chi connectivity index (χ4n) is 2.01. The SMILES string of the molecule is CCNC(C(=O)OC)c1cncc2ccccc12. The number of aromatic nitrogens is 1. The molecule has 0 spiro atoms. The number of pyridine rings is 1. The van der Waals surface area contributed by atoms with Gasteiger partial charge in [0.2, 0.25) is 0 Å². The summed E-state index contributed by atoms with van der Waals surface area (Å²) in [5.41, 5.74) is 0.849. The largest absolute Gasteiger partial charge is 0.468 e. The van der Waals surface area contributed by atoms with Gasteiger partial charge in [-0.15, -0.1) is 0 Å². The molecule has 0 aliphatic carbocycles. The number of nitrogens with one attached hydrogen (secondary N) is 1. The highest BCUT2D eigenvalue weighted by atomic mass is 16.5. The number of methoxy groups -OCH3 is 1. The highest BCUT2D eigenvalue weighted by Crippen LogP contribution is 2.23. The Kier molecular flexibility index (Phi) is 3.89. The van der Waals surface area contributed by atoms with Gasteiger partial charge in [0.05, 0.1) is 7.11 Å². The number of hydrogen-bond acceptors (Lipinski definition) is 4. The molecule has 1 aromatic heterocycles. The lowest BCUT2D eigenvalue weighted by atomic mass is 10.0. The van der Waals surface area contributed by atoms with Crippen molar-refractivity contribution in [3.05, 3.63) is 42.2 Å². The number of carbonyl (C=O) groups is 1. The lowest BCUT2D eigenvalue weighted by molar-refractivity contribution is -0.143. The maximum Gasteiger partial charge on any atom is 0.327 e. The number of nitrogens with zero attached hydrogens (tertiary/aromatic N) is 1. The molecular weight excluding hydrogens is 228 g/mol. The second-order valence-electron chi connectivity index (χ2n) is 3.96. The Bertz CT molecular complexity index is 549. The van der Waals surface area contributed by atoms with Gasteiger partial charge in [-0.1, -0.05) is 31.2 Å². The van der Waals surface area contributed by atoms with E-state index in [2.05, 4.69) is 10.3 Å². The van der Waals surface area contributed by atoms with Crippen LogP contribution in [-0.4, -0.2) is 24.6 Å². The predicted octanol–water partition coefficient (Wildman–Crippen LogP) is 2.06. The lowest BCUT2D eigenvalue weighted by Gasteiger charge is -2.17. The van der Waals surface area contributed by atoms with Gasteiger partial charge in [0.1, 0.15) is 6.04 Å². The van der Waals surface area contributed by atoms with Crippen LogP contribution in [0.1, 0.15) is 18.5 Å². The van der Waals surface area contributed by atoms with Crippen molar-refractivity contribution in [1.82, 2.24) is 10.3 Å². The first kappa shape index (κ1) is 12.5. The van der Waals surface area contributed by atoms with Crippen LogP contribution in [0.25, 0.3) is 10.8 Å². The number of hydrogen-bond donors (Lipinski definition) is 1. The Labute approximate surface area is 106 Å². The fourth-order valence-corrected chi connectivity index (χ4v) is 2.01. The van der Waals surface area contributed by atoms with Crippen LogP contribution in [-0.2, 0) is 9.53 Å². The summed E-state index contributed by atoms with van der Waals surface area (Å²) in [6, 6.07) is 7.39. The number of carbonyl (C=O) groups excluding carboxylic acids is 1. The third-order valence-electron chi connectivity index (χ3n) is 2.86. The predicted molar refractivity (Wildman–Crippen MR) is 70.2 cm³/mol. The quantitative estimate of drug-likeness (QED) is 0.836. The van der Waals surface area contributed by atoms with Crippen LogP contribution in [0.15, 0.2) is 36.7 Å². The lowest BCUT2D eigenvalue weighted by Crippen LogP contribution is -2.29. The average Bonchev–Trinajstić information content (AvgIpc) is 2.43. The van der Waals surface area contributed by atoms with Crippen LogP contribution in [0, 0.1) is 0 Å². The van der Waals surface area contributed by atoms with E-state index in [1.54, 1.807) is 12.4 Å². The van der Waals surface area contributed by atoms with Gasteiger partial charge in [-0.05, 0) is 11.9 Å². The van der Waals surface area contributed by atoms with E-state index >= 15 is 0 Å². The minimum absolute atomic E-state index is 0.296. The van der Waals surface area contributed by atoms with Gasteiger partial charge in [0, 0.05) is 23.3 Å². The molecule has 4 nitrogen and oxygen atoms in total. The first-order chi connectivity index (χ1) is 8.77. The highest BCUT2D eigenvalue weighted by Gasteiger charge is 2.22. The van der Waals surface area contributed by atoms with Crippen molar-refractivity contribution in [3.63, 3.8) is 0 Å². The first-order valence-electron chi connectivity index (χ1n) is 5.91. The summed E-state index contributed by atoms with van der Waals surface area (Å²) in [6.45, 7) is 2.64. The standard InChI is InChI=1S/C14H16N2O2/c1-3-16-13(14(17)18-2)12-9-15-8-10-6-4-5-7-11(10)12/h4-9,13,16H,3H2,1-2H3. The van der Waals surface area contributed by atoms with E-state index in [1.807, 2.05) is 31.2 Å². The van der Waals surface area contributed by atoms with E-state index in [1.165, 1.54) is 7.11 Å². The van der Waals surface area contributed by atoms with Crippen molar-refractivity contribution < 1.29 is 9.53 Å². The van der Waals surface area contributed by atoms with Crippen molar-refractivity contribution in [2.45, 2.75) is 13.0 Å². The molecule has 0 fully saturated rings. The van der Waals surface area contributed by atoms with Crippen LogP contribution in [0.4, 0.5) is 0 Å². The molecule has 0 saturated carbocycles. The monoisotopic (exact) mass is 244 g/mol. The van der Waals surface area contributed by atoms with Gasteiger partial charge < -0.3 is 10.1 Å². The number of esters is 1. The summed E-state index contributed by atoms with van der Waals surface area (Å²) in [5.74, 6) is -0.296. The van der Waals surface area contributed by atoms with Crippen LogP contribution < -0.4 is 5.32 Å². The zero-order valence-electron chi connectivity index (χ0n) is 10.5. The molecule has 0 amide bonds. The van der Waals surface area contributed by atoms with E-state index in [0.29, 0.717) is 6.54 Å². The zero-order chi connectivity index (χ0) is 13.0. The molecular formula is C14H16N2O2. The maximum absolute atomic E-state index is 11.8. The van der Waals surface area contributed by atoms with Crippen molar-refractivity contribution in [1.29, 1.82) is 0 Å². The second kappa shape index (κ2) is 5.60. The fraction of sp³-hybridized carbons (Fsp3) is 0.286. The van der Waals surface area contributed by atoms with Crippen LogP contribution in [0.2, 0.25) is 0 Å². The smallest absolute Gasteiger partial charge is 0.327 e. The third kappa shape index (κ3) is 2.33. The Hall–Kier alpha value is -1.94. The molecule has 2 rings (SSSR count). The van der Waals surface area contributed by atoms with Crippen LogP contribution in [0.5, 0.6) is 0 Å². The van der Waals surface area contributed by atoms with E-state index in [-0.39, 0.29) is 5.97 Å². The van der Waals surface area contributed by atoms with Gasteiger partial charge >= 0.3 is 5.97 Å². The van der Waals surface area contributed by atoms with Crippen LogP contribution in [0.3, 0.4) is 0 Å². The molecule has 94 valence electrons. The number of fused-ring (bicyclic) bond motifs is 1. The van der Waals surface area contributed by atoms with E-state index < -0.39 is 6.04 Å². The minimum Gasteiger partial charge on any atom is -0.468 e. The molecule has 1 aromatic carbocycles. The first-order valence-corrected chi connectivity index (χ1v) is 5.91. The van der Waals surface area contributed by atoms with Crippen molar-refractivity contribution in [2.24, 2.45) is 0 Å².